The molecule has 4 rings (SSSR count). The molecule has 1 aliphatic heterocycles. The number of rotatable bonds is 6. The minimum Gasteiger partial charge on any atom is -0.497 e. The van der Waals surface area contributed by atoms with Crippen LogP contribution in [0.4, 0.5) is 11.4 Å². The van der Waals surface area contributed by atoms with Crippen molar-refractivity contribution in [3.8, 4) is 11.4 Å². The van der Waals surface area contributed by atoms with E-state index in [1.807, 2.05) is 12.1 Å². The van der Waals surface area contributed by atoms with Gasteiger partial charge in [0.25, 0.3) is 5.91 Å². The molecule has 9 heteroatoms. The molecule has 1 saturated heterocycles. The van der Waals surface area contributed by atoms with Crippen molar-refractivity contribution >= 4 is 29.2 Å². The highest BCUT2D eigenvalue weighted by Gasteiger charge is 2.24. The van der Waals surface area contributed by atoms with Gasteiger partial charge < -0.3 is 19.6 Å². The van der Waals surface area contributed by atoms with Gasteiger partial charge in [-0.15, -0.1) is 0 Å². The Kier molecular flexibility index (Phi) is 6.12. The first-order valence-electron chi connectivity index (χ1n) is 10.6. The number of hydrogen-bond acceptors (Lipinski definition) is 5. The molecule has 9 nitrogen and oxygen atoms in total. The summed E-state index contributed by atoms with van der Waals surface area (Å²) in [5, 5.41) is 13.5. The molecule has 2 amide bonds. The number of nitrogens with zero attached hydrogens (tertiary/aromatic N) is 4. The number of methoxy groups -OCH3 is 1. The maximum absolute atomic E-state index is 13.3. The van der Waals surface area contributed by atoms with Crippen LogP contribution in [0.5, 0.6) is 5.75 Å². The third-order valence-corrected chi connectivity index (χ3v) is 5.64. The molecular formula is C24H24N4O5. The fourth-order valence-corrected chi connectivity index (χ4v) is 3.78. The molecule has 0 aliphatic carbocycles. The first-order valence-corrected chi connectivity index (χ1v) is 10.6. The number of carbonyl (C=O) groups excluding carboxylic acids is 2. The molecule has 1 N–H and O–H groups in total. The largest absolute Gasteiger partial charge is 0.497 e. The van der Waals surface area contributed by atoms with Gasteiger partial charge >= 0.3 is 5.97 Å². The molecule has 1 aromatic heterocycles. The number of amides is 2. The topological polar surface area (TPSA) is 105 Å². The predicted molar refractivity (Wildman–Crippen MR) is 122 cm³/mol. The second kappa shape index (κ2) is 9.15. The average Bonchev–Trinajstić information content (AvgIpc) is 3.29. The van der Waals surface area contributed by atoms with Gasteiger partial charge in [-0.2, -0.15) is 5.10 Å². The number of ether oxygens (including phenoxy) is 1. The van der Waals surface area contributed by atoms with Gasteiger partial charge in [-0.1, -0.05) is 0 Å². The van der Waals surface area contributed by atoms with Gasteiger partial charge in [0.15, 0.2) is 5.69 Å². The molecule has 2 heterocycles. The number of anilines is 2. The molecule has 0 radical (unpaired) electrons. The molecule has 1 aliphatic rings. The minimum atomic E-state index is -1.23. The Morgan fingerprint density at radius 1 is 1.03 bits per heavy atom. The summed E-state index contributed by atoms with van der Waals surface area (Å²) in [4.78, 5) is 40.2. The Hall–Kier alpha value is -4.14. The normalized spacial score (nSPS) is 13.6. The van der Waals surface area contributed by atoms with E-state index in [4.69, 9.17) is 4.74 Å². The molecule has 170 valence electrons. The summed E-state index contributed by atoms with van der Waals surface area (Å²) in [5.41, 5.74) is 1.80. The summed E-state index contributed by atoms with van der Waals surface area (Å²) in [7, 11) is 3.15. The first kappa shape index (κ1) is 22.1. The number of piperidine rings is 1. The summed E-state index contributed by atoms with van der Waals surface area (Å²) in [6.45, 7) is 0.686. The van der Waals surface area contributed by atoms with Crippen LogP contribution in [0.1, 0.15) is 40.2 Å². The summed E-state index contributed by atoms with van der Waals surface area (Å²) in [6, 6.07) is 15.2. The van der Waals surface area contributed by atoms with E-state index in [1.54, 1.807) is 55.5 Å². The zero-order valence-electron chi connectivity index (χ0n) is 18.4. The van der Waals surface area contributed by atoms with E-state index in [0.29, 0.717) is 30.1 Å². The molecule has 3 aromatic rings. The number of hydrogen-bond donors (Lipinski definition) is 1. The van der Waals surface area contributed by atoms with Crippen molar-refractivity contribution in [1.29, 1.82) is 0 Å². The Balaban J connectivity index is 1.62. The first-order chi connectivity index (χ1) is 15.9. The number of carboxylic acid groups (broad SMARTS) is 1. The highest BCUT2D eigenvalue weighted by Crippen LogP contribution is 2.25. The third kappa shape index (κ3) is 4.43. The van der Waals surface area contributed by atoms with Crippen LogP contribution in [0.15, 0.2) is 54.6 Å². The second-order valence-electron chi connectivity index (χ2n) is 7.71. The monoisotopic (exact) mass is 448 g/mol. The summed E-state index contributed by atoms with van der Waals surface area (Å²) in [5.74, 6) is -0.924. The smallest absolute Gasteiger partial charge is 0.356 e. The highest BCUT2D eigenvalue weighted by atomic mass is 16.5. The van der Waals surface area contributed by atoms with Crippen molar-refractivity contribution in [3.63, 3.8) is 0 Å². The van der Waals surface area contributed by atoms with Gasteiger partial charge in [0, 0.05) is 37.5 Å². The maximum Gasteiger partial charge on any atom is 0.356 e. The number of aromatic carboxylic acids is 1. The molecule has 2 aromatic carbocycles. The second-order valence-corrected chi connectivity index (χ2v) is 7.71. The lowest BCUT2D eigenvalue weighted by Crippen LogP contribution is -2.35. The van der Waals surface area contributed by atoms with E-state index in [-0.39, 0.29) is 17.3 Å². The van der Waals surface area contributed by atoms with Crippen LogP contribution in [0.3, 0.4) is 0 Å². The van der Waals surface area contributed by atoms with Gasteiger partial charge in [0.2, 0.25) is 5.91 Å². The van der Waals surface area contributed by atoms with Crippen LogP contribution < -0.4 is 14.5 Å². The SMILES string of the molecule is COc1ccc(-n2nc(C(=O)O)cc2C(=O)N(C)c2ccc(N3CCCCC3=O)cc2)cc1. The summed E-state index contributed by atoms with van der Waals surface area (Å²) >= 11 is 0. The fourth-order valence-electron chi connectivity index (χ4n) is 3.78. The van der Waals surface area contributed by atoms with Crippen LogP contribution in [-0.2, 0) is 4.79 Å². The molecule has 0 saturated carbocycles. The van der Waals surface area contributed by atoms with E-state index in [2.05, 4.69) is 5.10 Å². The van der Waals surface area contributed by atoms with Crippen molar-refractivity contribution in [2.24, 2.45) is 0 Å². The number of carbonyl (C=O) groups is 3. The van der Waals surface area contributed by atoms with Gasteiger partial charge in [-0.25, -0.2) is 9.48 Å². The maximum atomic E-state index is 13.3. The predicted octanol–water partition coefficient (Wildman–Crippen LogP) is 3.37. The fraction of sp³-hybridized carbons (Fsp3) is 0.250. The molecular weight excluding hydrogens is 424 g/mol. The number of carboxylic acids is 1. The number of benzene rings is 2. The van der Waals surface area contributed by atoms with Gasteiger partial charge in [-0.3, -0.25) is 9.59 Å². The van der Waals surface area contributed by atoms with Crippen LogP contribution in [0, 0.1) is 0 Å². The molecule has 0 unspecified atom stereocenters. The number of aromatic nitrogens is 2. The Bertz CT molecular complexity index is 1180. The highest BCUT2D eigenvalue weighted by molar-refractivity contribution is 6.06. The molecule has 33 heavy (non-hydrogen) atoms. The quantitative estimate of drug-likeness (QED) is 0.620. The van der Waals surface area contributed by atoms with Crippen molar-refractivity contribution in [3.05, 3.63) is 66.0 Å². The van der Waals surface area contributed by atoms with Crippen LogP contribution in [-0.4, -0.2) is 53.4 Å². The van der Waals surface area contributed by atoms with Crippen LogP contribution in [0.2, 0.25) is 0 Å². The van der Waals surface area contributed by atoms with E-state index >= 15 is 0 Å². The van der Waals surface area contributed by atoms with Crippen molar-refractivity contribution in [2.45, 2.75) is 19.3 Å². The van der Waals surface area contributed by atoms with Crippen molar-refractivity contribution in [2.75, 3.05) is 30.5 Å². The molecule has 1 fully saturated rings. The van der Waals surface area contributed by atoms with Crippen LogP contribution >= 0.6 is 0 Å². The van der Waals surface area contributed by atoms with Gasteiger partial charge in [-0.05, 0) is 61.4 Å². The van der Waals surface area contributed by atoms with Crippen molar-refractivity contribution < 1.29 is 24.2 Å². The lowest BCUT2D eigenvalue weighted by atomic mass is 10.1. The summed E-state index contributed by atoms with van der Waals surface area (Å²) < 4.78 is 6.47. The van der Waals surface area contributed by atoms with E-state index < -0.39 is 11.9 Å². The zero-order valence-corrected chi connectivity index (χ0v) is 18.4. The summed E-state index contributed by atoms with van der Waals surface area (Å²) in [6.07, 6.45) is 2.42. The van der Waals surface area contributed by atoms with E-state index in [1.165, 1.54) is 15.6 Å². The van der Waals surface area contributed by atoms with Crippen LogP contribution in [0.25, 0.3) is 5.69 Å². The minimum absolute atomic E-state index is 0.100. The lowest BCUT2D eigenvalue weighted by Gasteiger charge is -2.27. The molecule has 0 bridgehead atoms. The lowest BCUT2D eigenvalue weighted by molar-refractivity contribution is -0.119. The standard InChI is InChI=1S/C24H24N4O5/c1-26(16-6-8-17(9-7-16)27-14-4-3-5-22(27)29)23(30)21-15-20(24(31)32)25-28(21)18-10-12-19(33-2)13-11-18/h6-13,15H,3-5,14H2,1-2H3,(H,31,32). The van der Waals surface area contributed by atoms with Gasteiger partial charge in [0.1, 0.15) is 11.4 Å². The Labute approximate surface area is 190 Å². The molecule has 0 spiro atoms. The van der Waals surface area contributed by atoms with Gasteiger partial charge in [0.05, 0.1) is 12.8 Å². The third-order valence-electron chi connectivity index (χ3n) is 5.64. The average molecular weight is 448 g/mol. The Morgan fingerprint density at radius 3 is 2.30 bits per heavy atom. The van der Waals surface area contributed by atoms with Crippen molar-refractivity contribution in [1.82, 2.24) is 9.78 Å². The van der Waals surface area contributed by atoms with E-state index in [0.717, 1.165) is 18.5 Å². The van der Waals surface area contributed by atoms with E-state index in [9.17, 15) is 19.5 Å². The zero-order chi connectivity index (χ0) is 23.5. The Morgan fingerprint density at radius 2 is 1.70 bits per heavy atom. The molecule has 0 atom stereocenters.